The first-order valence-electron chi connectivity index (χ1n) is 11.6. The van der Waals surface area contributed by atoms with Crippen LogP contribution >= 0.6 is 0 Å². The van der Waals surface area contributed by atoms with Gasteiger partial charge in [0.25, 0.3) is 0 Å². The van der Waals surface area contributed by atoms with Gasteiger partial charge in [-0.3, -0.25) is 4.99 Å². The van der Waals surface area contributed by atoms with Crippen LogP contribution in [-0.2, 0) is 0 Å². The minimum atomic E-state index is -0.872. The number of aromatic amines is 1. The van der Waals surface area contributed by atoms with Crippen molar-refractivity contribution in [3.8, 4) is 0 Å². The third-order valence-corrected chi connectivity index (χ3v) is 7.09. The lowest BCUT2D eigenvalue weighted by Crippen LogP contribution is -2.35. The number of halogens is 2. The van der Waals surface area contributed by atoms with Crippen LogP contribution in [0.2, 0.25) is 0 Å². The maximum Gasteiger partial charge on any atom is 0.169 e. The Kier molecular flexibility index (Phi) is 5.56. The van der Waals surface area contributed by atoms with E-state index >= 15 is 4.39 Å². The maximum atomic E-state index is 15.4. The Morgan fingerprint density at radius 2 is 2.15 bits per heavy atom. The molecule has 1 aromatic carbocycles. The lowest BCUT2D eigenvalue weighted by atomic mass is 10.00. The average Bonchev–Trinajstić information content (AvgIpc) is 3.48. The SMILES string of the molecule is C/C=C(\C=NCC)c1cnc2[nH]c3c(NC)cc(F)c(F)c3c2c1N1CCC2CN(C)C[C@@H]21. The fourth-order valence-corrected chi connectivity index (χ4v) is 5.59. The van der Waals surface area contributed by atoms with E-state index < -0.39 is 11.6 Å². The van der Waals surface area contributed by atoms with Crippen LogP contribution in [0, 0.1) is 17.6 Å². The van der Waals surface area contributed by atoms with Gasteiger partial charge < -0.3 is 20.1 Å². The van der Waals surface area contributed by atoms with E-state index in [9.17, 15) is 4.39 Å². The van der Waals surface area contributed by atoms with E-state index in [4.69, 9.17) is 0 Å². The Bertz CT molecular complexity index is 1280. The molecule has 0 spiro atoms. The fraction of sp³-hybridized carbons (Fsp3) is 0.440. The fourth-order valence-electron chi connectivity index (χ4n) is 5.59. The van der Waals surface area contributed by atoms with Gasteiger partial charge in [-0.25, -0.2) is 13.8 Å². The summed E-state index contributed by atoms with van der Waals surface area (Å²) in [7, 11) is 3.85. The minimum Gasteiger partial charge on any atom is -0.386 e. The molecule has 3 aromatic rings. The molecule has 0 aliphatic carbocycles. The van der Waals surface area contributed by atoms with Gasteiger partial charge in [-0.1, -0.05) is 6.08 Å². The van der Waals surface area contributed by atoms with Gasteiger partial charge >= 0.3 is 0 Å². The van der Waals surface area contributed by atoms with Crippen LogP contribution in [0.25, 0.3) is 27.5 Å². The molecule has 5 rings (SSSR count). The van der Waals surface area contributed by atoms with Crippen LogP contribution in [0.5, 0.6) is 0 Å². The highest BCUT2D eigenvalue weighted by Gasteiger charge is 2.42. The van der Waals surface area contributed by atoms with Gasteiger partial charge in [-0.15, -0.1) is 0 Å². The summed E-state index contributed by atoms with van der Waals surface area (Å²) in [6.07, 6.45) is 6.77. The van der Waals surface area contributed by atoms with Gasteiger partial charge in [0.05, 0.1) is 27.7 Å². The number of anilines is 2. The molecule has 2 fully saturated rings. The third kappa shape index (κ3) is 3.39. The van der Waals surface area contributed by atoms with Gasteiger partial charge in [0.2, 0.25) is 0 Å². The minimum absolute atomic E-state index is 0.247. The van der Waals surface area contributed by atoms with Crippen molar-refractivity contribution >= 4 is 45.1 Å². The number of fused-ring (bicyclic) bond motifs is 4. The number of nitrogens with one attached hydrogen (secondary N) is 2. The van der Waals surface area contributed by atoms with E-state index in [2.05, 4.69) is 37.1 Å². The third-order valence-electron chi connectivity index (χ3n) is 7.09. The number of pyridine rings is 1. The number of aliphatic imine (C=N–C) groups is 1. The molecular weight excluding hydrogens is 422 g/mol. The van der Waals surface area contributed by atoms with Crippen molar-refractivity contribution in [3.63, 3.8) is 0 Å². The Hall–Kier alpha value is -3.00. The van der Waals surface area contributed by atoms with E-state index in [0.717, 1.165) is 42.9 Å². The van der Waals surface area contributed by atoms with Crippen molar-refractivity contribution in [3.05, 3.63) is 35.5 Å². The van der Waals surface area contributed by atoms with Crippen molar-refractivity contribution < 1.29 is 8.78 Å². The highest BCUT2D eigenvalue weighted by Crippen LogP contribution is 2.45. The lowest BCUT2D eigenvalue weighted by molar-refractivity contribution is 0.386. The molecule has 2 aliphatic rings. The van der Waals surface area contributed by atoms with Crippen LogP contribution in [0.15, 0.2) is 23.3 Å². The summed E-state index contributed by atoms with van der Waals surface area (Å²) >= 11 is 0. The average molecular weight is 453 g/mol. The first-order valence-corrected chi connectivity index (χ1v) is 11.6. The highest BCUT2D eigenvalue weighted by atomic mass is 19.2. The Labute approximate surface area is 192 Å². The molecule has 6 nitrogen and oxygen atoms in total. The van der Waals surface area contributed by atoms with Crippen LogP contribution < -0.4 is 10.2 Å². The van der Waals surface area contributed by atoms with Gasteiger partial charge in [-0.05, 0) is 38.8 Å². The lowest BCUT2D eigenvalue weighted by Gasteiger charge is -2.29. The molecular formula is C25H30F2N6. The maximum absolute atomic E-state index is 15.4. The number of allylic oxidation sites excluding steroid dienone is 2. The van der Waals surface area contributed by atoms with Crippen molar-refractivity contribution in [2.45, 2.75) is 26.3 Å². The Balaban J connectivity index is 1.86. The number of aromatic nitrogens is 2. The summed E-state index contributed by atoms with van der Waals surface area (Å²) in [5, 5.41) is 3.87. The van der Waals surface area contributed by atoms with Crippen LogP contribution in [-0.4, -0.2) is 67.4 Å². The van der Waals surface area contributed by atoms with Crippen molar-refractivity contribution in [2.75, 3.05) is 50.5 Å². The quantitative estimate of drug-likeness (QED) is 0.553. The molecule has 4 heterocycles. The molecule has 2 N–H and O–H groups in total. The second-order valence-electron chi connectivity index (χ2n) is 8.99. The molecule has 0 bridgehead atoms. The number of nitrogens with zero attached hydrogens (tertiary/aromatic N) is 4. The Morgan fingerprint density at radius 1 is 1.33 bits per heavy atom. The monoisotopic (exact) mass is 452 g/mol. The Morgan fingerprint density at radius 3 is 2.88 bits per heavy atom. The van der Waals surface area contributed by atoms with Gasteiger partial charge in [0, 0.05) is 63.3 Å². The van der Waals surface area contributed by atoms with Gasteiger partial charge in [-0.2, -0.15) is 0 Å². The van der Waals surface area contributed by atoms with E-state index in [-0.39, 0.29) is 5.39 Å². The largest absolute Gasteiger partial charge is 0.386 e. The molecule has 2 atom stereocenters. The smallest absolute Gasteiger partial charge is 0.169 e. The van der Waals surface area contributed by atoms with Crippen molar-refractivity contribution in [1.29, 1.82) is 0 Å². The zero-order chi connectivity index (χ0) is 23.3. The van der Waals surface area contributed by atoms with Gasteiger partial charge in [0.1, 0.15) is 5.65 Å². The first kappa shape index (κ1) is 21.8. The van der Waals surface area contributed by atoms with E-state index in [1.807, 2.05) is 32.3 Å². The second kappa shape index (κ2) is 8.41. The molecule has 8 heteroatoms. The van der Waals surface area contributed by atoms with Crippen LogP contribution in [0.3, 0.4) is 0 Å². The van der Waals surface area contributed by atoms with Gasteiger partial charge in [0.15, 0.2) is 11.6 Å². The predicted octanol–water partition coefficient (Wildman–Crippen LogP) is 4.67. The van der Waals surface area contributed by atoms with E-state index in [0.29, 0.717) is 40.7 Å². The zero-order valence-electron chi connectivity index (χ0n) is 19.5. The van der Waals surface area contributed by atoms with E-state index in [1.165, 1.54) is 6.07 Å². The van der Waals surface area contributed by atoms with Crippen molar-refractivity contribution in [2.24, 2.45) is 10.9 Å². The second-order valence-corrected chi connectivity index (χ2v) is 8.99. The number of likely N-dealkylation sites (tertiary alicyclic amines) is 1. The molecule has 2 aromatic heterocycles. The standard InChI is InChI=1S/C25H30F2N6/c1-5-14(10-29-6-2)16-11-30-25-21(20-22(27)17(26)9-18(28-3)23(20)31-25)24(16)33-8-7-15-12-32(4)13-19(15)33/h5,9-11,15,19,28H,6-8,12-13H2,1-4H3,(H,30,31)/b14-5+,29-10?/t15?,19-/m0/s1. The molecule has 2 aliphatic heterocycles. The molecule has 1 unspecified atom stereocenters. The summed E-state index contributed by atoms with van der Waals surface area (Å²) in [6.45, 7) is 7.50. The summed E-state index contributed by atoms with van der Waals surface area (Å²) in [5.74, 6) is -1.16. The molecule has 33 heavy (non-hydrogen) atoms. The summed E-state index contributed by atoms with van der Waals surface area (Å²) < 4.78 is 30.0. The zero-order valence-corrected chi connectivity index (χ0v) is 19.5. The number of H-pyrrole nitrogens is 1. The number of rotatable bonds is 5. The van der Waals surface area contributed by atoms with Crippen LogP contribution in [0.1, 0.15) is 25.8 Å². The summed E-state index contributed by atoms with van der Waals surface area (Å²) in [5.41, 5.74) is 4.33. The normalized spacial score (nSPS) is 21.8. The van der Waals surface area contributed by atoms with Crippen molar-refractivity contribution in [1.82, 2.24) is 14.9 Å². The number of hydrogen-bond donors (Lipinski definition) is 2. The molecule has 174 valence electrons. The number of likely N-dealkylation sites (N-methyl/N-ethyl adjacent to an activating group) is 1. The number of hydrogen-bond acceptors (Lipinski definition) is 5. The van der Waals surface area contributed by atoms with E-state index in [1.54, 1.807) is 7.05 Å². The number of benzene rings is 1. The highest BCUT2D eigenvalue weighted by molar-refractivity contribution is 6.21. The molecule has 0 radical (unpaired) electrons. The molecule has 0 amide bonds. The van der Waals surface area contributed by atoms with Crippen LogP contribution in [0.4, 0.5) is 20.2 Å². The topological polar surface area (TPSA) is 59.6 Å². The predicted molar refractivity (Wildman–Crippen MR) is 132 cm³/mol. The summed E-state index contributed by atoms with van der Waals surface area (Å²) in [6, 6.07) is 1.52. The molecule has 2 saturated heterocycles. The summed E-state index contributed by atoms with van der Waals surface area (Å²) in [4.78, 5) is 17.1. The first-order chi connectivity index (χ1) is 16.0. The molecule has 0 saturated carbocycles.